The highest BCUT2D eigenvalue weighted by Crippen LogP contribution is 2.16. The van der Waals surface area contributed by atoms with E-state index in [2.05, 4.69) is 22.5 Å². The molecule has 0 aromatic carbocycles. The number of hydrogen-bond donors (Lipinski definition) is 2. The third-order valence-electron chi connectivity index (χ3n) is 2.60. The van der Waals surface area contributed by atoms with Gasteiger partial charge in [0.1, 0.15) is 0 Å². The molecule has 1 aromatic rings. The molecule has 1 aromatic heterocycles. The van der Waals surface area contributed by atoms with E-state index in [9.17, 15) is 4.79 Å². The summed E-state index contributed by atoms with van der Waals surface area (Å²) < 4.78 is 0. The number of aromatic nitrogens is 1. The molecule has 0 aliphatic carbocycles. The molecule has 0 saturated carbocycles. The highest BCUT2D eigenvalue weighted by molar-refractivity contribution is 7.09. The van der Waals surface area contributed by atoms with Crippen LogP contribution < -0.4 is 10.6 Å². The van der Waals surface area contributed by atoms with E-state index in [1.54, 1.807) is 17.5 Å². The maximum atomic E-state index is 11.8. The fraction of sp³-hybridized carbons (Fsp3) is 0.667. The smallest absolute Gasteiger partial charge is 0.224 e. The molecule has 5 heteroatoms. The minimum absolute atomic E-state index is 0.0124. The molecule has 2 N–H and O–H groups in total. The first-order valence-corrected chi connectivity index (χ1v) is 6.91. The number of thiazole rings is 1. The average Bonchev–Trinajstić information content (AvgIpc) is 2.86. The minimum Gasteiger partial charge on any atom is -0.355 e. The topological polar surface area (TPSA) is 54.0 Å². The number of carbonyl (C=O) groups is 1. The van der Waals surface area contributed by atoms with E-state index < -0.39 is 0 Å². The van der Waals surface area contributed by atoms with Gasteiger partial charge in [-0.2, -0.15) is 0 Å². The number of carbonyl (C=O) groups excluding carboxylic acids is 1. The van der Waals surface area contributed by atoms with Crippen LogP contribution in [0.15, 0.2) is 11.6 Å². The van der Waals surface area contributed by atoms with Crippen molar-refractivity contribution in [1.82, 2.24) is 15.6 Å². The van der Waals surface area contributed by atoms with Crippen LogP contribution in [0.25, 0.3) is 0 Å². The summed E-state index contributed by atoms with van der Waals surface area (Å²) in [6, 6.07) is 0. The molecule has 0 aliphatic rings. The summed E-state index contributed by atoms with van der Waals surface area (Å²) in [7, 11) is 0. The van der Waals surface area contributed by atoms with Gasteiger partial charge in [0.25, 0.3) is 0 Å². The molecule has 1 heterocycles. The maximum absolute atomic E-state index is 11.8. The van der Waals surface area contributed by atoms with Crippen molar-refractivity contribution in [3.63, 3.8) is 0 Å². The Kier molecular flexibility index (Phi) is 6.15. The van der Waals surface area contributed by atoms with E-state index in [1.165, 1.54) is 0 Å². The lowest BCUT2D eigenvalue weighted by atomic mass is 10.1. The van der Waals surface area contributed by atoms with Gasteiger partial charge in [0, 0.05) is 36.5 Å². The van der Waals surface area contributed by atoms with Crippen LogP contribution in [0.5, 0.6) is 0 Å². The molecule has 0 bridgehead atoms. The third kappa shape index (κ3) is 4.83. The summed E-state index contributed by atoms with van der Waals surface area (Å²) >= 11 is 1.63. The van der Waals surface area contributed by atoms with Crippen LogP contribution in [-0.4, -0.2) is 30.5 Å². The average molecular weight is 255 g/mol. The summed E-state index contributed by atoms with van der Waals surface area (Å²) in [5.41, 5.74) is 0. The van der Waals surface area contributed by atoms with Crippen molar-refractivity contribution >= 4 is 17.2 Å². The van der Waals surface area contributed by atoms with Gasteiger partial charge in [-0.3, -0.25) is 4.79 Å². The first-order chi connectivity index (χ1) is 8.15. The summed E-state index contributed by atoms with van der Waals surface area (Å²) in [4.78, 5) is 16.0. The van der Waals surface area contributed by atoms with Crippen molar-refractivity contribution in [3.8, 4) is 0 Å². The Morgan fingerprint density at radius 3 is 2.82 bits per heavy atom. The molecule has 2 atom stereocenters. The Balaban J connectivity index is 2.28. The molecular formula is C12H21N3OS. The van der Waals surface area contributed by atoms with Crippen LogP contribution >= 0.6 is 11.3 Å². The zero-order chi connectivity index (χ0) is 12.7. The van der Waals surface area contributed by atoms with Crippen LogP contribution in [0.2, 0.25) is 0 Å². The molecule has 0 fully saturated rings. The second-order valence-corrected chi connectivity index (χ2v) is 5.15. The summed E-state index contributed by atoms with van der Waals surface area (Å²) in [5.74, 6) is 0.401. The quantitative estimate of drug-likeness (QED) is 0.778. The molecule has 4 nitrogen and oxygen atoms in total. The van der Waals surface area contributed by atoms with Crippen molar-refractivity contribution < 1.29 is 4.79 Å². The van der Waals surface area contributed by atoms with Crippen LogP contribution in [-0.2, 0) is 4.79 Å². The SMILES string of the molecule is CCNCC(C)C(=O)NCC(C)c1nccs1. The first-order valence-electron chi connectivity index (χ1n) is 6.03. The van der Waals surface area contributed by atoms with Crippen LogP contribution in [0.4, 0.5) is 0 Å². The van der Waals surface area contributed by atoms with Gasteiger partial charge in [-0.1, -0.05) is 20.8 Å². The molecule has 0 spiro atoms. The van der Waals surface area contributed by atoms with Gasteiger partial charge in [0.05, 0.1) is 5.01 Å². The number of rotatable bonds is 7. The fourth-order valence-corrected chi connectivity index (χ4v) is 2.15. The highest BCUT2D eigenvalue weighted by Gasteiger charge is 2.14. The van der Waals surface area contributed by atoms with E-state index in [1.807, 2.05) is 19.2 Å². The van der Waals surface area contributed by atoms with E-state index >= 15 is 0 Å². The number of nitrogens with zero attached hydrogens (tertiary/aromatic N) is 1. The fourth-order valence-electron chi connectivity index (χ4n) is 1.45. The second-order valence-electron chi connectivity index (χ2n) is 4.23. The highest BCUT2D eigenvalue weighted by atomic mass is 32.1. The van der Waals surface area contributed by atoms with E-state index in [0.717, 1.165) is 18.1 Å². The summed E-state index contributed by atoms with van der Waals surface area (Å²) in [6.45, 7) is 8.33. The van der Waals surface area contributed by atoms with E-state index in [-0.39, 0.29) is 17.7 Å². The van der Waals surface area contributed by atoms with E-state index in [4.69, 9.17) is 0 Å². The molecular weight excluding hydrogens is 234 g/mol. The third-order valence-corrected chi connectivity index (χ3v) is 3.61. The molecule has 1 rings (SSSR count). The van der Waals surface area contributed by atoms with Gasteiger partial charge in [-0.15, -0.1) is 11.3 Å². The Morgan fingerprint density at radius 1 is 1.47 bits per heavy atom. The zero-order valence-corrected chi connectivity index (χ0v) is 11.5. The standard InChI is InChI=1S/C12H21N3OS/c1-4-13-7-9(2)11(16)15-8-10(3)12-14-5-6-17-12/h5-6,9-10,13H,4,7-8H2,1-3H3,(H,15,16). The van der Waals surface area contributed by atoms with Crippen LogP contribution in [0.1, 0.15) is 31.7 Å². The van der Waals surface area contributed by atoms with Crippen molar-refractivity contribution in [2.75, 3.05) is 19.6 Å². The van der Waals surface area contributed by atoms with Crippen molar-refractivity contribution in [2.24, 2.45) is 5.92 Å². The Bertz CT molecular complexity index is 327. The molecule has 17 heavy (non-hydrogen) atoms. The number of hydrogen-bond acceptors (Lipinski definition) is 4. The zero-order valence-electron chi connectivity index (χ0n) is 10.7. The molecule has 0 radical (unpaired) electrons. The van der Waals surface area contributed by atoms with Gasteiger partial charge in [0.15, 0.2) is 0 Å². The van der Waals surface area contributed by atoms with Gasteiger partial charge in [-0.05, 0) is 6.54 Å². The molecule has 0 aliphatic heterocycles. The van der Waals surface area contributed by atoms with Crippen molar-refractivity contribution in [1.29, 1.82) is 0 Å². The van der Waals surface area contributed by atoms with Gasteiger partial charge < -0.3 is 10.6 Å². The maximum Gasteiger partial charge on any atom is 0.224 e. The van der Waals surface area contributed by atoms with Gasteiger partial charge in [0.2, 0.25) is 5.91 Å². The van der Waals surface area contributed by atoms with Crippen molar-refractivity contribution in [3.05, 3.63) is 16.6 Å². The Hall–Kier alpha value is -0.940. The molecule has 2 unspecified atom stereocenters. The van der Waals surface area contributed by atoms with E-state index in [0.29, 0.717) is 6.54 Å². The molecule has 0 saturated heterocycles. The lowest BCUT2D eigenvalue weighted by molar-refractivity contribution is -0.124. The lowest BCUT2D eigenvalue weighted by Crippen LogP contribution is -2.36. The normalized spacial score (nSPS) is 14.3. The number of nitrogens with one attached hydrogen (secondary N) is 2. The van der Waals surface area contributed by atoms with Crippen LogP contribution in [0, 0.1) is 5.92 Å². The molecule has 1 amide bonds. The lowest BCUT2D eigenvalue weighted by Gasteiger charge is -2.14. The monoisotopic (exact) mass is 255 g/mol. The van der Waals surface area contributed by atoms with Gasteiger partial charge in [-0.25, -0.2) is 4.98 Å². The van der Waals surface area contributed by atoms with Crippen LogP contribution in [0.3, 0.4) is 0 Å². The predicted octanol–water partition coefficient (Wildman–Crippen LogP) is 1.61. The number of amides is 1. The summed E-state index contributed by atoms with van der Waals surface area (Å²) in [6.07, 6.45) is 1.80. The first kappa shape index (κ1) is 14.1. The second kappa shape index (κ2) is 7.40. The summed E-state index contributed by atoms with van der Waals surface area (Å²) in [5, 5.41) is 9.17. The predicted molar refractivity (Wildman–Crippen MR) is 71.2 cm³/mol. The van der Waals surface area contributed by atoms with Crippen molar-refractivity contribution in [2.45, 2.75) is 26.7 Å². The Labute approximate surface area is 107 Å². The minimum atomic E-state index is 0.0124. The largest absolute Gasteiger partial charge is 0.355 e. The van der Waals surface area contributed by atoms with Gasteiger partial charge >= 0.3 is 0 Å². The molecule has 96 valence electrons. The Morgan fingerprint density at radius 2 is 2.24 bits per heavy atom.